The van der Waals surface area contributed by atoms with Crippen molar-refractivity contribution in [1.29, 1.82) is 5.41 Å². The van der Waals surface area contributed by atoms with Crippen LogP contribution >= 0.6 is 0 Å². The number of para-hydroxylation sites is 2. The van der Waals surface area contributed by atoms with Gasteiger partial charge in [0.25, 0.3) is 0 Å². The molecule has 6 aromatic rings. The zero-order valence-electron chi connectivity index (χ0n) is 22.6. The summed E-state index contributed by atoms with van der Waals surface area (Å²) in [6, 6.07) is 44.6. The Labute approximate surface area is 239 Å². The molecule has 0 bridgehead atoms. The van der Waals surface area contributed by atoms with Crippen molar-refractivity contribution in [3.05, 3.63) is 155 Å². The van der Waals surface area contributed by atoms with Gasteiger partial charge in [-0.1, -0.05) is 97.1 Å². The average Bonchev–Trinajstić information content (AvgIpc) is 3.84. The van der Waals surface area contributed by atoms with Crippen molar-refractivity contribution in [2.45, 2.75) is 12.8 Å². The molecule has 0 amide bonds. The number of nitrogens with zero attached hydrogens (tertiary/aromatic N) is 1. The molecule has 0 unspecified atom stereocenters. The van der Waals surface area contributed by atoms with Crippen LogP contribution in [0.25, 0.3) is 44.8 Å². The Bertz CT molecular complexity index is 2020. The lowest BCUT2D eigenvalue weighted by Crippen LogP contribution is -2.22. The monoisotopic (exact) mass is 527 g/mol. The Balaban J connectivity index is 1.41. The first-order valence-corrected chi connectivity index (χ1v) is 14.3. The third-order valence-electron chi connectivity index (χ3n) is 8.37. The molecule has 41 heavy (non-hydrogen) atoms. The number of nitrogens with one attached hydrogen (secondary N) is 2. The zero-order valence-corrected chi connectivity index (χ0v) is 22.6. The van der Waals surface area contributed by atoms with Crippen LogP contribution in [0.1, 0.15) is 35.1 Å². The van der Waals surface area contributed by atoms with Gasteiger partial charge in [-0.3, -0.25) is 5.41 Å². The summed E-state index contributed by atoms with van der Waals surface area (Å²) in [5.74, 6) is 0.567. The van der Waals surface area contributed by atoms with Gasteiger partial charge in [0, 0.05) is 38.9 Å². The SMILES string of the molecule is N=C(/C(=C1\NC(C2CC2)=Cc2ccccc21)c1ccc2c(c1)c1ccccc1n2-c1ccccc1)c1ccccc1. The lowest BCUT2D eigenvalue weighted by molar-refractivity contribution is 0.898. The minimum atomic E-state index is 0.520. The number of rotatable bonds is 5. The first-order chi connectivity index (χ1) is 20.3. The highest BCUT2D eigenvalue weighted by molar-refractivity contribution is 6.36. The van der Waals surface area contributed by atoms with Crippen molar-refractivity contribution in [2.24, 2.45) is 5.92 Å². The lowest BCUT2D eigenvalue weighted by atomic mass is 9.88. The Morgan fingerprint density at radius 3 is 2.15 bits per heavy atom. The zero-order chi connectivity index (χ0) is 27.3. The van der Waals surface area contributed by atoms with Gasteiger partial charge < -0.3 is 9.88 Å². The number of allylic oxidation sites excluding steroid dienone is 2. The van der Waals surface area contributed by atoms with E-state index in [9.17, 15) is 5.41 Å². The molecule has 1 aliphatic carbocycles. The standard InChI is InChI=1S/C38H29N3/c39-37(26-11-3-1-4-12-26)36(38-30-16-8-7-13-27(30)24-33(40-38)25-19-20-25)28-21-22-35-32(23-28)31-17-9-10-18-34(31)41(35)29-14-5-2-6-15-29/h1-18,21-25,39-40H,19-20H2/b38-36-,39-37?. The molecule has 0 radical (unpaired) electrons. The van der Waals surface area contributed by atoms with Crippen LogP contribution in [0.15, 0.2) is 133 Å². The van der Waals surface area contributed by atoms with E-state index >= 15 is 0 Å². The molecule has 5 aromatic carbocycles. The van der Waals surface area contributed by atoms with Gasteiger partial charge in [0.1, 0.15) is 0 Å². The number of hydrogen-bond donors (Lipinski definition) is 2. The third kappa shape index (κ3) is 4.01. The minimum Gasteiger partial charge on any atom is -0.358 e. The number of hydrogen-bond acceptors (Lipinski definition) is 2. The van der Waals surface area contributed by atoms with Crippen LogP contribution in [-0.2, 0) is 0 Å². The fourth-order valence-corrected chi connectivity index (χ4v) is 6.22. The van der Waals surface area contributed by atoms with Crippen LogP contribution in [0.5, 0.6) is 0 Å². The highest BCUT2D eigenvalue weighted by Gasteiger charge is 2.31. The predicted molar refractivity (Wildman–Crippen MR) is 171 cm³/mol. The molecule has 2 N–H and O–H groups in total. The number of benzene rings is 5. The Hall–Kier alpha value is -5.15. The van der Waals surface area contributed by atoms with Gasteiger partial charge in [-0.15, -0.1) is 0 Å². The minimum absolute atomic E-state index is 0.520. The second-order valence-electron chi connectivity index (χ2n) is 11.0. The summed E-state index contributed by atoms with van der Waals surface area (Å²) in [7, 11) is 0. The summed E-state index contributed by atoms with van der Waals surface area (Å²) in [5.41, 5.74) is 11.5. The molecule has 3 heteroatoms. The molecule has 1 aromatic heterocycles. The average molecular weight is 528 g/mol. The molecule has 0 spiro atoms. The summed E-state index contributed by atoms with van der Waals surface area (Å²) < 4.78 is 2.34. The summed E-state index contributed by atoms with van der Waals surface area (Å²) in [6.07, 6.45) is 4.73. The quantitative estimate of drug-likeness (QED) is 0.216. The van der Waals surface area contributed by atoms with Gasteiger partial charge in [0.2, 0.25) is 0 Å². The van der Waals surface area contributed by atoms with E-state index in [1.807, 2.05) is 30.3 Å². The van der Waals surface area contributed by atoms with Crippen molar-refractivity contribution in [3.8, 4) is 5.69 Å². The first-order valence-electron chi connectivity index (χ1n) is 14.3. The first kappa shape index (κ1) is 23.7. The van der Waals surface area contributed by atoms with Crippen LogP contribution in [0, 0.1) is 11.3 Å². The fourth-order valence-electron chi connectivity index (χ4n) is 6.22. The van der Waals surface area contributed by atoms with Gasteiger partial charge in [-0.25, -0.2) is 0 Å². The molecule has 1 aliphatic heterocycles. The van der Waals surface area contributed by atoms with Crippen molar-refractivity contribution in [2.75, 3.05) is 0 Å². The third-order valence-corrected chi connectivity index (χ3v) is 8.37. The van der Waals surface area contributed by atoms with Crippen LogP contribution in [0.2, 0.25) is 0 Å². The molecule has 2 heterocycles. The van der Waals surface area contributed by atoms with E-state index in [0.29, 0.717) is 11.6 Å². The van der Waals surface area contributed by atoms with Crippen LogP contribution in [-0.4, -0.2) is 10.3 Å². The van der Waals surface area contributed by atoms with Gasteiger partial charge in [-0.2, -0.15) is 0 Å². The lowest BCUT2D eigenvalue weighted by Gasteiger charge is -2.26. The molecular formula is C38H29N3. The summed E-state index contributed by atoms with van der Waals surface area (Å²) in [5, 5.41) is 15.8. The van der Waals surface area contributed by atoms with Crippen LogP contribution in [0.4, 0.5) is 0 Å². The second kappa shape index (κ2) is 9.50. The normalized spacial score (nSPS) is 15.8. The maximum Gasteiger partial charge on any atom is 0.0711 e. The smallest absolute Gasteiger partial charge is 0.0711 e. The van der Waals surface area contributed by atoms with E-state index in [4.69, 9.17) is 0 Å². The van der Waals surface area contributed by atoms with Gasteiger partial charge >= 0.3 is 0 Å². The van der Waals surface area contributed by atoms with Crippen LogP contribution in [0.3, 0.4) is 0 Å². The molecule has 8 rings (SSSR count). The molecule has 1 fully saturated rings. The topological polar surface area (TPSA) is 40.8 Å². The van der Waals surface area contributed by atoms with E-state index in [1.54, 1.807) is 0 Å². The van der Waals surface area contributed by atoms with E-state index in [1.165, 1.54) is 40.4 Å². The summed E-state index contributed by atoms with van der Waals surface area (Å²) in [4.78, 5) is 0. The number of aromatic nitrogens is 1. The molecule has 2 aliphatic rings. The highest BCUT2D eigenvalue weighted by atomic mass is 15.0. The van der Waals surface area contributed by atoms with E-state index in [-0.39, 0.29) is 0 Å². The molecule has 1 saturated carbocycles. The van der Waals surface area contributed by atoms with Gasteiger partial charge in [0.05, 0.1) is 22.4 Å². The van der Waals surface area contributed by atoms with Crippen molar-refractivity contribution in [1.82, 2.24) is 9.88 Å². The molecule has 0 saturated heterocycles. The van der Waals surface area contributed by atoms with Crippen molar-refractivity contribution < 1.29 is 0 Å². The molecular weight excluding hydrogens is 498 g/mol. The second-order valence-corrected chi connectivity index (χ2v) is 11.0. The maximum atomic E-state index is 9.58. The van der Waals surface area contributed by atoms with E-state index in [2.05, 4.69) is 113 Å². The molecule has 196 valence electrons. The Morgan fingerprint density at radius 1 is 0.659 bits per heavy atom. The largest absolute Gasteiger partial charge is 0.358 e. The molecule has 3 nitrogen and oxygen atoms in total. The fraction of sp³-hybridized carbons (Fsp3) is 0.0789. The van der Waals surface area contributed by atoms with Gasteiger partial charge in [0.15, 0.2) is 0 Å². The predicted octanol–water partition coefficient (Wildman–Crippen LogP) is 9.07. The summed E-state index contributed by atoms with van der Waals surface area (Å²) in [6.45, 7) is 0. The van der Waals surface area contributed by atoms with Crippen LogP contribution < -0.4 is 5.32 Å². The Morgan fingerprint density at radius 2 is 1.34 bits per heavy atom. The number of fused-ring (bicyclic) bond motifs is 4. The maximum absolute atomic E-state index is 9.58. The van der Waals surface area contributed by atoms with E-state index in [0.717, 1.165) is 39.2 Å². The summed E-state index contributed by atoms with van der Waals surface area (Å²) >= 11 is 0. The van der Waals surface area contributed by atoms with E-state index < -0.39 is 0 Å². The highest BCUT2D eigenvalue weighted by Crippen LogP contribution is 2.43. The van der Waals surface area contributed by atoms with Crippen molar-refractivity contribution >= 4 is 44.9 Å². The Kier molecular flexibility index (Phi) is 5.49. The van der Waals surface area contributed by atoms with Gasteiger partial charge in [-0.05, 0) is 66.3 Å². The van der Waals surface area contributed by atoms with Crippen molar-refractivity contribution in [3.63, 3.8) is 0 Å². The molecule has 0 atom stereocenters.